The number of halogens is 2. The van der Waals surface area contributed by atoms with Crippen LogP contribution in [0.25, 0.3) is 0 Å². The van der Waals surface area contributed by atoms with Crippen LogP contribution in [0.1, 0.15) is 21.5 Å². The second-order valence-electron chi connectivity index (χ2n) is 3.99. The molecule has 0 atom stereocenters. The highest BCUT2D eigenvalue weighted by Gasteiger charge is 2.06. The van der Waals surface area contributed by atoms with E-state index in [-0.39, 0.29) is 0 Å². The van der Waals surface area contributed by atoms with Crippen LogP contribution >= 0.6 is 27.5 Å². The molecule has 0 N–H and O–H groups in total. The first-order chi connectivity index (χ1) is 9.24. The molecule has 0 amide bonds. The van der Waals surface area contributed by atoms with Crippen molar-refractivity contribution < 1.29 is 9.53 Å². The molecule has 0 saturated carbocycles. The van der Waals surface area contributed by atoms with Crippen molar-refractivity contribution in [1.82, 2.24) is 0 Å². The summed E-state index contributed by atoms with van der Waals surface area (Å²) in [5.41, 5.74) is 2.59. The maximum atomic E-state index is 11.0. The fourth-order valence-electron chi connectivity index (χ4n) is 1.71. The Kier molecular flexibility index (Phi) is 5.00. The summed E-state index contributed by atoms with van der Waals surface area (Å²) in [7, 11) is 0. The molecule has 0 radical (unpaired) electrons. The van der Waals surface area contributed by atoms with E-state index in [0.29, 0.717) is 23.8 Å². The highest BCUT2D eigenvalue weighted by Crippen LogP contribution is 2.24. The number of rotatable bonds is 5. The zero-order valence-electron chi connectivity index (χ0n) is 10.1. The van der Waals surface area contributed by atoms with Crippen LogP contribution in [0, 0.1) is 0 Å². The largest absolute Gasteiger partial charge is 0.488 e. The number of ether oxygens (including phenoxy) is 1. The van der Waals surface area contributed by atoms with E-state index in [4.69, 9.17) is 16.3 Å². The molecule has 0 saturated heterocycles. The van der Waals surface area contributed by atoms with Crippen LogP contribution in [0.3, 0.4) is 0 Å². The minimum Gasteiger partial charge on any atom is -0.488 e. The van der Waals surface area contributed by atoms with Crippen LogP contribution in [0.4, 0.5) is 0 Å². The van der Waals surface area contributed by atoms with Crippen molar-refractivity contribution in [2.75, 3.05) is 0 Å². The second-order valence-corrected chi connectivity index (χ2v) is 5.17. The zero-order chi connectivity index (χ0) is 13.7. The maximum Gasteiger partial charge on any atom is 0.153 e. The molecular weight excluding hydrogens is 328 g/mol. The standard InChI is InChI=1S/C15H12BrClO2/c16-14-6-5-12(9-18)15(7-14)19-10-13-4-2-1-3-11(13)8-17/h1-7,9H,8,10H2. The Morgan fingerprint density at radius 3 is 2.58 bits per heavy atom. The number of hydrogen-bond donors (Lipinski definition) is 0. The lowest BCUT2D eigenvalue weighted by Crippen LogP contribution is -2.01. The van der Waals surface area contributed by atoms with E-state index in [9.17, 15) is 4.79 Å². The SMILES string of the molecule is O=Cc1ccc(Br)cc1OCc1ccccc1CCl. The van der Waals surface area contributed by atoms with Crippen molar-refractivity contribution in [2.24, 2.45) is 0 Å². The van der Waals surface area contributed by atoms with Crippen molar-refractivity contribution in [1.29, 1.82) is 0 Å². The summed E-state index contributed by atoms with van der Waals surface area (Å²) < 4.78 is 6.59. The minimum absolute atomic E-state index is 0.389. The third kappa shape index (κ3) is 3.58. The molecule has 2 aromatic rings. The number of hydrogen-bond acceptors (Lipinski definition) is 2. The highest BCUT2D eigenvalue weighted by molar-refractivity contribution is 9.10. The molecule has 0 aliphatic heterocycles. The minimum atomic E-state index is 0.389. The van der Waals surface area contributed by atoms with E-state index in [1.54, 1.807) is 12.1 Å². The van der Waals surface area contributed by atoms with Gasteiger partial charge in [-0.2, -0.15) is 0 Å². The molecule has 2 aromatic carbocycles. The van der Waals surface area contributed by atoms with Crippen molar-refractivity contribution in [2.45, 2.75) is 12.5 Å². The van der Waals surface area contributed by atoms with Gasteiger partial charge in [-0.1, -0.05) is 40.2 Å². The molecule has 0 unspecified atom stereocenters. The quantitative estimate of drug-likeness (QED) is 0.589. The molecule has 0 aliphatic rings. The summed E-state index contributed by atoms with van der Waals surface area (Å²) in [6.45, 7) is 0.389. The van der Waals surface area contributed by atoms with Gasteiger partial charge in [0.25, 0.3) is 0 Å². The first kappa shape index (κ1) is 14.1. The smallest absolute Gasteiger partial charge is 0.153 e. The third-order valence-electron chi connectivity index (χ3n) is 2.75. The topological polar surface area (TPSA) is 26.3 Å². The van der Waals surface area contributed by atoms with Crippen molar-refractivity contribution in [3.63, 3.8) is 0 Å². The maximum absolute atomic E-state index is 11.0. The summed E-state index contributed by atoms with van der Waals surface area (Å²) in [6.07, 6.45) is 0.787. The van der Waals surface area contributed by atoms with Gasteiger partial charge in [0, 0.05) is 10.4 Å². The van der Waals surface area contributed by atoms with Gasteiger partial charge in [-0.25, -0.2) is 0 Å². The van der Waals surface area contributed by atoms with Gasteiger partial charge in [0.1, 0.15) is 12.4 Å². The Hall–Kier alpha value is -1.32. The van der Waals surface area contributed by atoms with Crippen LogP contribution < -0.4 is 4.74 Å². The van der Waals surface area contributed by atoms with Crippen LogP contribution in [0.5, 0.6) is 5.75 Å². The summed E-state index contributed by atoms with van der Waals surface area (Å²) in [5.74, 6) is 1.01. The van der Waals surface area contributed by atoms with Crippen LogP contribution in [0.15, 0.2) is 46.9 Å². The number of alkyl halides is 1. The normalized spacial score (nSPS) is 10.2. The lowest BCUT2D eigenvalue weighted by Gasteiger charge is -2.11. The van der Waals surface area contributed by atoms with Gasteiger partial charge in [0.05, 0.1) is 5.56 Å². The molecule has 4 heteroatoms. The number of aldehydes is 1. The Bertz CT molecular complexity index is 584. The van der Waals surface area contributed by atoms with Crippen LogP contribution in [-0.2, 0) is 12.5 Å². The second kappa shape index (κ2) is 6.73. The van der Waals surface area contributed by atoms with Gasteiger partial charge in [-0.3, -0.25) is 4.79 Å². The van der Waals surface area contributed by atoms with Crippen molar-refractivity contribution in [3.05, 3.63) is 63.6 Å². The first-order valence-corrected chi connectivity index (χ1v) is 7.07. The van der Waals surface area contributed by atoms with Gasteiger partial charge in [-0.15, -0.1) is 11.6 Å². The summed E-state index contributed by atoms with van der Waals surface area (Å²) in [5, 5.41) is 0. The van der Waals surface area contributed by atoms with Gasteiger partial charge < -0.3 is 4.74 Å². The summed E-state index contributed by atoms with van der Waals surface area (Å²) in [6, 6.07) is 13.1. The van der Waals surface area contributed by atoms with Gasteiger partial charge in [0.15, 0.2) is 6.29 Å². The van der Waals surface area contributed by atoms with Gasteiger partial charge >= 0.3 is 0 Å². The number of carbonyl (C=O) groups excluding carboxylic acids is 1. The van der Waals surface area contributed by atoms with E-state index in [1.165, 1.54) is 0 Å². The Morgan fingerprint density at radius 2 is 1.89 bits per heavy atom. The molecule has 0 bridgehead atoms. The lowest BCUT2D eigenvalue weighted by atomic mass is 10.1. The molecule has 19 heavy (non-hydrogen) atoms. The van der Waals surface area contributed by atoms with E-state index in [2.05, 4.69) is 15.9 Å². The Balaban J connectivity index is 2.18. The van der Waals surface area contributed by atoms with Gasteiger partial charge in [0.2, 0.25) is 0 Å². The van der Waals surface area contributed by atoms with E-state index < -0.39 is 0 Å². The molecule has 98 valence electrons. The van der Waals surface area contributed by atoms with Gasteiger partial charge in [-0.05, 0) is 29.3 Å². The van der Waals surface area contributed by atoms with Crippen molar-refractivity contribution >= 4 is 33.8 Å². The fraction of sp³-hybridized carbons (Fsp3) is 0.133. The zero-order valence-corrected chi connectivity index (χ0v) is 12.4. The molecular formula is C15H12BrClO2. The molecule has 2 nitrogen and oxygen atoms in total. The average molecular weight is 340 g/mol. The predicted octanol–water partition coefficient (Wildman–Crippen LogP) is 4.58. The fourth-order valence-corrected chi connectivity index (χ4v) is 2.32. The van der Waals surface area contributed by atoms with E-state index in [0.717, 1.165) is 21.9 Å². The van der Waals surface area contributed by atoms with Crippen molar-refractivity contribution in [3.8, 4) is 5.75 Å². The molecule has 0 aromatic heterocycles. The molecule has 0 aliphatic carbocycles. The van der Waals surface area contributed by atoms with Crippen LogP contribution in [-0.4, -0.2) is 6.29 Å². The average Bonchev–Trinajstić information content (AvgIpc) is 2.45. The molecule has 0 heterocycles. The summed E-state index contributed by atoms with van der Waals surface area (Å²) >= 11 is 9.24. The molecule has 0 spiro atoms. The number of carbonyl (C=O) groups is 1. The third-order valence-corrected chi connectivity index (χ3v) is 3.53. The highest BCUT2D eigenvalue weighted by atomic mass is 79.9. The van der Waals surface area contributed by atoms with E-state index >= 15 is 0 Å². The number of benzene rings is 2. The van der Waals surface area contributed by atoms with Crippen LogP contribution in [0.2, 0.25) is 0 Å². The predicted molar refractivity (Wildman–Crippen MR) is 79.9 cm³/mol. The monoisotopic (exact) mass is 338 g/mol. The Morgan fingerprint density at radius 1 is 1.16 bits per heavy atom. The molecule has 2 rings (SSSR count). The molecule has 0 fully saturated rings. The van der Waals surface area contributed by atoms with E-state index in [1.807, 2.05) is 30.3 Å². The lowest BCUT2D eigenvalue weighted by molar-refractivity contribution is 0.111. The first-order valence-electron chi connectivity index (χ1n) is 5.75. The Labute approximate surface area is 125 Å². The summed E-state index contributed by atoms with van der Waals surface area (Å²) in [4.78, 5) is 11.0.